The normalized spacial score (nSPS) is 10.6. The Balaban J connectivity index is 2.92. The van der Waals surface area contributed by atoms with Gasteiger partial charge in [-0.1, -0.05) is 12.2 Å². The maximum atomic E-state index is 11.0. The topological polar surface area (TPSA) is 30.0 Å². The van der Waals surface area contributed by atoms with Gasteiger partial charge in [-0.2, -0.15) is 0 Å². The van der Waals surface area contributed by atoms with Crippen molar-refractivity contribution in [2.75, 3.05) is 5.88 Å². The van der Waals surface area contributed by atoms with Crippen molar-refractivity contribution in [3.8, 4) is 0 Å². The molecule has 0 aliphatic heterocycles. The highest BCUT2D eigenvalue weighted by molar-refractivity contribution is 6.19. The highest BCUT2D eigenvalue weighted by Crippen LogP contribution is 2.05. The van der Waals surface area contributed by atoms with E-state index >= 15 is 0 Å². The summed E-state index contributed by atoms with van der Waals surface area (Å²) in [5.41, 5.74) is 1.52. The second-order valence-corrected chi connectivity index (χ2v) is 2.93. The second-order valence-electron chi connectivity index (χ2n) is 2.62. The molecule has 0 unspecified atom stereocenters. The van der Waals surface area contributed by atoms with Crippen molar-refractivity contribution in [1.29, 1.82) is 0 Å². The molecule has 0 aromatic carbocycles. The van der Waals surface area contributed by atoms with Crippen LogP contribution >= 0.6 is 11.6 Å². The first-order valence-corrected chi connectivity index (χ1v) is 4.46. The van der Waals surface area contributed by atoms with E-state index in [4.69, 9.17) is 11.6 Å². The second kappa shape index (κ2) is 4.77. The zero-order valence-electron chi connectivity index (χ0n) is 7.33. The van der Waals surface area contributed by atoms with Gasteiger partial charge in [-0.3, -0.25) is 9.78 Å². The maximum Gasteiger partial charge on any atom is 0.161 e. The molecule has 3 heteroatoms. The minimum atomic E-state index is 0.0219. The number of halogens is 1. The molecule has 1 aromatic heterocycles. The van der Waals surface area contributed by atoms with Crippen molar-refractivity contribution < 1.29 is 4.79 Å². The van der Waals surface area contributed by atoms with Crippen molar-refractivity contribution in [1.82, 2.24) is 4.98 Å². The number of pyridine rings is 1. The monoisotopic (exact) mass is 195 g/mol. The van der Waals surface area contributed by atoms with Gasteiger partial charge in [0.05, 0.1) is 0 Å². The fraction of sp³-hybridized carbons (Fsp3) is 0.200. The number of hydrogen-bond acceptors (Lipinski definition) is 2. The average Bonchev–Trinajstić information content (AvgIpc) is 2.15. The predicted octanol–water partition coefficient (Wildman–Crippen LogP) is 2.54. The lowest BCUT2D eigenvalue weighted by molar-refractivity contribution is 0.101. The van der Waals surface area contributed by atoms with Crippen LogP contribution in [0.4, 0.5) is 0 Å². The smallest absolute Gasteiger partial charge is 0.161 e. The molecule has 1 heterocycles. The summed E-state index contributed by atoms with van der Waals surface area (Å²) in [4.78, 5) is 14.9. The lowest BCUT2D eigenvalue weighted by atomic mass is 10.1. The molecular weight excluding hydrogens is 186 g/mol. The van der Waals surface area contributed by atoms with Crippen LogP contribution in [-0.2, 0) is 0 Å². The number of rotatable bonds is 3. The van der Waals surface area contributed by atoms with Crippen LogP contribution in [0.15, 0.2) is 24.5 Å². The molecule has 68 valence electrons. The lowest BCUT2D eigenvalue weighted by Crippen LogP contribution is -1.93. The molecule has 2 nitrogen and oxygen atoms in total. The summed E-state index contributed by atoms with van der Waals surface area (Å²) in [5, 5.41) is 0. The van der Waals surface area contributed by atoms with Gasteiger partial charge in [0.1, 0.15) is 0 Å². The van der Waals surface area contributed by atoms with Crippen molar-refractivity contribution in [3.05, 3.63) is 35.7 Å². The quantitative estimate of drug-likeness (QED) is 0.548. The summed E-state index contributed by atoms with van der Waals surface area (Å²) in [6, 6.07) is 1.79. The van der Waals surface area contributed by atoms with Crippen LogP contribution in [0.5, 0.6) is 0 Å². The van der Waals surface area contributed by atoms with Crippen LogP contribution in [0.2, 0.25) is 0 Å². The molecule has 0 amide bonds. The average molecular weight is 196 g/mol. The fourth-order valence-electron chi connectivity index (χ4n) is 0.922. The Morgan fingerprint density at radius 3 is 3.00 bits per heavy atom. The van der Waals surface area contributed by atoms with Gasteiger partial charge in [-0.15, -0.1) is 11.6 Å². The molecule has 0 aliphatic rings. The molecule has 0 N–H and O–H groups in total. The molecule has 0 spiro atoms. The van der Waals surface area contributed by atoms with E-state index in [0.29, 0.717) is 11.4 Å². The molecule has 1 rings (SSSR count). The van der Waals surface area contributed by atoms with E-state index in [1.807, 2.05) is 12.2 Å². The number of Topliss-reactive ketones (excluding diaryl/α,β-unsaturated/α-hetero) is 1. The van der Waals surface area contributed by atoms with Gasteiger partial charge in [0.25, 0.3) is 0 Å². The van der Waals surface area contributed by atoms with Crippen molar-refractivity contribution >= 4 is 23.5 Å². The number of hydrogen-bond donors (Lipinski definition) is 0. The molecule has 1 aromatic rings. The number of carbonyl (C=O) groups is 1. The standard InChI is InChI=1S/C10H10ClNO/c1-8(13)10-5-9(3-2-4-11)6-12-7-10/h2-3,5-7H,4H2,1H3. The van der Waals surface area contributed by atoms with E-state index < -0.39 is 0 Å². The van der Waals surface area contributed by atoms with E-state index in [9.17, 15) is 4.79 Å². The highest BCUT2D eigenvalue weighted by Gasteiger charge is 1.98. The summed E-state index contributed by atoms with van der Waals surface area (Å²) in [6.07, 6.45) is 6.89. The minimum absolute atomic E-state index is 0.0219. The molecule has 0 fully saturated rings. The summed E-state index contributed by atoms with van der Waals surface area (Å²) < 4.78 is 0. The van der Waals surface area contributed by atoms with Crippen LogP contribution in [0, 0.1) is 0 Å². The Labute approximate surface area is 82.3 Å². The minimum Gasteiger partial charge on any atom is -0.294 e. The largest absolute Gasteiger partial charge is 0.294 e. The third kappa shape index (κ3) is 2.99. The first-order chi connectivity index (χ1) is 6.24. The maximum absolute atomic E-state index is 11.0. The number of aromatic nitrogens is 1. The molecular formula is C10H10ClNO. The SMILES string of the molecule is CC(=O)c1cncc(C=CCCl)c1. The van der Waals surface area contributed by atoms with E-state index in [1.54, 1.807) is 18.5 Å². The van der Waals surface area contributed by atoms with Crippen molar-refractivity contribution in [2.24, 2.45) is 0 Å². The summed E-state index contributed by atoms with van der Waals surface area (Å²) in [6.45, 7) is 1.52. The number of allylic oxidation sites excluding steroid dienone is 1. The Bertz CT molecular complexity index is 333. The third-order valence-corrected chi connectivity index (χ3v) is 1.74. The Kier molecular flexibility index (Phi) is 3.65. The number of nitrogens with zero attached hydrogens (tertiary/aromatic N) is 1. The first kappa shape index (κ1) is 9.93. The van der Waals surface area contributed by atoms with Crippen molar-refractivity contribution in [3.63, 3.8) is 0 Å². The van der Waals surface area contributed by atoms with Crippen LogP contribution in [-0.4, -0.2) is 16.6 Å². The third-order valence-electron chi connectivity index (χ3n) is 1.57. The lowest BCUT2D eigenvalue weighted by Gasteiger charge is -1.95. The van der Waals surface area contributed by atoms with Crippen LogP contribution in [0.3, 0.4) is 0 Å². The van der Waals surface area contributed by atoms with E-state index in [0.717, 1.165) is 5.56 Å². The van der Waals surface area contributed by atoms with Crippen molar-refractivity contribution in [2.45, 2.75) is 6.92 Å². The van der Waals surface area contributed by atoms with Crippen LogP contribution in [0.25, 0.3) is 6.08 Å². The molecule has 0 saturated heterocycles. The molecule has 13 heavy (non-hydrogen) atoms. The summed E-state index contributed by atoms with van der Waals surface area (Å²) in [7, 11) is 0. The van der Waals surface area contributed by atoms with Gasteiger partial charge in [0.15, 0.2) is 5.78 Å². The number of carbonyl (C=O) groups excluding carboxylic acids is 1. The van der Waals surface area contributed by atoms with Gasteiger partial charge in [-0.25, -0.2) is 0 Å². The number of alkyl halides is 1. The molecule has 0 bridgehead atoms. The summed E-state index contributed by atoms with van der Waals surface area (Å²) in [5.74, 6) is 0.484. The Morgan fingerprint density at radius 2 is 2.38 bits per heavy atom. The van der Waals surface area contributed by atoms with Crippen LogP contribution < -0.4 is 0 Å². The predicted molar refractivity (Wildman–Crippen MR) is 54.0 cm³/mol. The highest BCUT2D eigenvalue weighted by atomic mass is 35.5. The molecule has 0 saturated carbocycles. The molecule has 0 radical (unpaired) electrons. The van der Waals surface area contributed by atoms with Gasteiger partial charge in [0.2, 0.25) is 0 Å². The van der Waals surface area contributed by atoms with E-state index in [2.05, 4.69) is 4.98 Å². The van der Waals surface area contributed by atoms with Crippen LogP contribution in [0.1, 0.15) is 22.8 Å². The first-order valence-electron chi connectivity index (χ1n) is 3.92. The van der Waals surface area contributed by atoms with Gasteiger partial charge in [-0.05, 0) is 18.6 Å². The number of ketones is 1. The zero-order valence-corrected chi connectivity index (χ0v) is 8.08. The summed E-state index contributed by atoms with van der Waals surface area (Å²) >= 11 is 5.48. The Morgan fingerprint density at radius 1 is 1.62 bits per heavy atom. The molecule has 0 atom stereocenters. The van der Waals surface area contributed by atoms with Gasteiger partial charge >= 0.3 is 0 Å². The zero-order chi connectivity index (χ0) is 9.68. The van der Waals surface area contributed by atoms with Gasteiger partial charge in [0, 0.05) is 23.8 Å². The van der Waals surface area contributed by atoms with E-state index in [-0.39, 0.29) is 5.78 Å². The fourth-order valence-corrected chi connectivity index (χ4v) is 1.01. The molecule has 0 aliphatic carbocycles. The van der Waals surface area contributed by atoms with E-state index in [1.165, 1.54) is 6.92 Å². The Hall–Kier alpha value is -1.15. The van der Waals surface area contributed by atoms with Gasteiger partial charge < -0.3 is 0 Å².